The number of hydrogen-bond donors (Lipinski definition) is 2. The summed E-state index contributed by atoms with van der Waals surface area (Å²) in [4.78, 5) is 36.5. The Morgan fingerprint density at radius 1 is 1.04 bits per heavy atom. The van der Waals surface area contributed by atoms with Gasteiger partial charge in [0.25, 0.3) is 5.91 Å². The minimum atomic E-state index is -0.751. The molecule has 2 aromatic carbocycles. The Hall–Kier alpha value is -4.01. The van der Waals surface area contributed by atoms with Crippen molar-refractivity contribution in [2.75, 3.05) is 11.9 Å². The molecule has 1 heterocycles. The quantitative estimate of drug-likeness (QED) is 0.624. The third kappa shape index (κ3) is 4.39. The highest BCUT2D eigenvalue weighted by molar-refractivity contribution is 5.96. The topological polar surface area (TPSA) is 129 Å². The van der Waals surface area contributed by atoms with E-state index in [-0.39, 0.29) is 5.69 Å². The van der Waals surface area contributed by atoms with Gasteiger partial charge < -0.3 is 15.8 Å². The molecule has 0 aliphatic rings. The van der Waals surface area contributed by atoms with Gasteiger partial charge in [0.2, 0.25) is 5.91 Å². The number of carbonyl (C=O) groups is 3. The minimum Gasteiger partial charge on any atom is -0.451 e. The number of amides is 2. The first kappa shape index (κ1) is 18.8. The average molecular weight is 379 g/mol. The van der Waals surface area contributed by atoms with Crippen LogP contribution < -0.4 is 11.1 Å². The number of nitrogens with zero attached hydrogens (tertiary/aromatic N) is 3. The van der Waals surface area contributed by atoms with Crippen molar-refractivity contribution in [1.82, 2.24) is 15.0 Å². The summed E-state index contributed by atoms with van der Waals surface area (Å²) in [6.07, 6.45) is 0. The zero-order valence-corrected chi connectivity index (χ0v) is 15.0. The smallest absolute Gasteiger partial charge is 0.361 e. The number of aromatic nitrogens is 3. The van der Waals surface area contributed by atoms with E-state index in [1.807, 2.05) is 18.2 Å². The molecule has 3 N–H and O–H groups in total. The lowest BCUT2D eigenvalue weighted by molar-refractivity contribution is -0.119. The summed E-state index contributed by atoms with van der Waals surface area (Å²) in [5.74, 6) is -1.85. The normalized spacial score (nSPS) is 10.3. The molecule has 142 valence electrons. The van der Waals surface area contributed by atoms with E-state index in [1.54, 1.807) is 19.1 Å². The van der Waals surface area contributed by atoms with Crippen LogP contribution in [-0.2, 0) is 9.53 Å². The summed E-state index contributed by atoms with van der Waals surface area (Å²) in [5.41, 5.74) is 7.03. The van der Waals surface area contributed by atoms with E-state index >= 15 is 0 Å². The first-order valence-electron chi connectivity index (χ1n) is 8.30. The van der Waals surface area contributed by atoms with Gasteiger partial charge in [0.05, 0.1) is 11.4 Å². The Bertz CT molecular complexity index is 1010. The number of hydrogen-bond acceptors (Lipinski definition) is 6. The van der Waals surface area contributed by atoms with Gasteiger partial charge in [-0.15, -0.1) is 5.10 Å². The van der Waals surface area contributed by atoms with Crippen molar-refractivity contribution in [3.8, 4) is 5.69 Å². The van der Waals surface area contributed by atoms with Crippen molar-refractivity contribution >= 4 is 23.5 Å². The second-order valence-corrected chi connectivity index (χ2v) is 5.82. The zero-order valence-electron chi connectivity index (χ0n) is 15.0. The van der Waals surface area contributed by atoms with E-state index in [1.165, 1.54) is 29.1 Å². The third-order valence-electron chi connectivity index (χ3n) is 3.75. The molecule has 9 nitrogen and oxygen atoms in total. The molecule has 0 aliphatic heterocycles. The van der Waals surface area contributed by atoms with E-state index in [4.69, 9.17) is 10.5 Å². The van der Waals surface area contributed by atoms with E-state index in [9.17, 15) is 14.4 Å². The van der Waals surface area contributed by atoms with Crippen LogP contribution in [0.4, 0.5) is 5.69 Å². The number of aryl methyl sites for hydroxylation is 1. The summed E-state index contributed by atoms with van der Waals surface area (Å²) in [6.45, 7) is 1.14. The fourth-order valence-electron chi connectivity index (χ4n) is 2.36. The average Bonchev–Trinajstić information content (AvgIpc) is 3.09. The molecule has 0 spiro atoms. The Labute approximate surface area is 160 Å². The number of esters is 1. The van der Waals surface area contributed by atoms with Gasteiger partial charge in [-0.05, 0) is 43.3 Å². The summed E-state index contributed by atoms with van der Waals surface area (Å²) < 4.78 is 5.01. The van der Waals surface area contributed by atoms with Crippen LogP contribution in [0.25, 0.3) is 5.69 Å². The zero-order chi connectivity index (χ0) is 20.1. The maximum atomic E-state index is 12.2. The summed E-state index contributed by atoms with van der Waals surface area (Å²) in [6, 6.07) is 15.1. The molecule has 0 radical (unpaired) electrons. The lowest BCUT2D eigenvalue weighted by atomic mass is 10.2. The van der Waals surface area contributed by atoms with E-state index in [2.05, 4.69) is 15.5 Å². The fourth-order valence-corrected chi connectivity index (χ4v) is 2.36. The first-order valence-corrected chi connectivity index (χ1v) is 8.30. The van der Waals surface area contributed by atoms with Gasteiger partial charge in [-0.25, -0.2) is 4.79 Å². The number of nitrogens with two attached hydrogens (primary N) is 1. The fraction of sp³-hybridized carbons (Fsp3) is 0.105. The van der Waals surface area contributed by atoms with Crippen molar-refractivity contribution in [1.29, 1.82) is 0 Å². The number of nitrogens with one attached hydrogen (secondary N) is 1. The van der Waals surface area contributed by atoms with Gasteiger partial charge in [-0.2, -0.15) is 9.90 Å². The van der Waals surface area contributed by atoms with Gasteiger partial charge in [0, 0.05) is 11.3 Å². The predicted octanol–water partition coefficient (Wildman–Crippen LogP) is 1.47. The molecular weight excluding hydrogens is 362 g/mol. The number of primary amides is 1. The predicted molar refractivity (Wildman–Crippen MR) is 100.0 cm³/mol. The highest BCUT2D eigenvalue weighted by Gasteiger charge is 2.19. The van der Waals surface area contributed by atoms with Crippen LogP contribution in [0.3, 0.4) is 0 Å². The van der Waals surface area contributed by atoms with Crippen LogP contribution in [-0.4, -0.2) is 39.4 Å². The molecule has 0 saturated heterocycles. The van der Waals surface area contributed by atoms with Crippen LogP contribution in [0.5, 0.6) is 0 Å². The molecule has 0 atom stereocenters. The van der Waals surface area contributed by atoms with Gasteiger partial charge in [-0.1, -0.05) is 18.2 Å². The standard InChI is InChI=1S/C19H17N5O4/c1-12-17(23-24(22-12)15-5-3-2-4-6-15)19(27)28-11-16(25)21-14-9-7-13(8-10-14)18(20)26/h2-10H,11H2,1H3,(H2,20,26)(H,21,25). The molecule has 2 amide bonds. The molecule has 28 heavy (non-hydrogen) atoms. The Kier molecular flexibility index (Phi) is 5.45. The van der Waals surface area contributed by atoms with Crippen LogP contribution in [0.2, 0.25) is 0 Å². The summed E-state index contributed by atoms with van der Waals surface area (Å²) in [5, 5.41) is 10.9. The Balaban J connectivity index is 1.58. The summed E-state index contributed by atoms with van der Waals surface area (Å²) in [7, 11) is 0. The Morgan fingerprint density at radius 2 is 1.71 bits per heavy atom. The minimum absolute atomic E-state index is 0.0301. The van der Waals surface area contributed by atoms with Crippen LogP contribution in [0, 0.1) is 6.92 Å². The maximum Gasteiger partial charge on any atom is 0.361 e. The summed E-state index contributed by atoms with van der Waals surface area (Å²) >= 11 is 0. The Morgan fingerprint density at radius 3 is 2.36 bits per heavy atom. The number of benzene rings is 2. The van der Waals surface area contributed by atoms with Crippen LogP contribution in [0.1, 0.15) is 26.5 Å². The van der Waals surface area contributed by atoms with Gasteiger partial charge in [0.15, 0.2) is 12.3 Å². The second-order valence-electron chi connectivity index (χ2n) is 5.82. The van der Waals surface area contributed by atoms with E-state index in [0.717, 1.165) is 0 Å². The lowest BCUT2D eigenvalue weighted by Gasteiger charge is -2.06. The number of anilines is 1. The second kappa shape index (κ2) is 8.12. The van der Waals surface area contributed by atoms with Crippen molar-refractivity contribution in [2.24, 2.45) is 5.73 Å². The monoisotopic (exact) mass is 379 g/mol. The third-order valence-corrected chi connectivity index (χ3v) is 3.75. The van der Waals surface area contributed by atoms with Crippen molar-refractivity contribution in [2.45, 2.75) is 6.92 Å². The molecule has 0 aliphatic carbocycles. The highest BCUT2D eigenvalue weighted by atomic mass is 16.5. The molecule has 3 rings (SSSR count). The van der Waals surface area contributed by atoms with E-state index < -0.39 is 24.4 Å². The van der Waals surface area contributed by atoms with Crippen molar-refractivity contribution in [3.63, 3.8) is 0 Å². The number of ether oxygens (including phenoxy) is 1. The van der Waals surface area contributed by atoms with Gasteiger partial charge in [-0.3, -0.25) is 9.59 Å². The lowest BCUT2D eigenvalue weighted by Crippen LogP contribution is -2.21. The van der Waals surface area contributed by atoms with E-state index in [0.29, 0.717) is 22.6 Å². The number of rotatable bonds is 6. The molecule has 0 fully saturated rings. The van der Waals surface area contributed by atoms with Gasteiger partial charge in [0.1, 0.15) is 0 Å². The van der Waals surface area contributed by atoms with Crippen LogP contribution >= 0.6 is 0 Å². The van der Waals surface area contributed by atoms with Crippen molar-refractivity contribution in [3.05, 3.63) is 71.5 Å². The van der Waals surface area contributed by atoms with Crippen molar-refractivity contribution < 1.29 is 19.1 Å². The molecule has 0 bridgehead atoms. The molecule has 1 aromatic heterocycles. The largest absolute Gasteiger partial charge is 0.451 e. The molecule has 3 aromatic rings. The number of para-hydroxylation sites is 1. The molecule has 0 unspecified atom stereocenters. The first-order chi connectivity index (χ1) is 13.4. The van der Waals surface area contributed by atoms with Gasteiger partial charge >= 0.3 is 5.97 Å². The highest BCUT2D eigenvalue weighted by Crippen LogP contribution is 2.11. The molecule has 0 saturated carbocycles. The number of carbonyl (C=O) groups excluding carboxylic acids is 3. The maximum absolute atomic E-state index is 12.2. The SMILES string of the molecule is Cc1nn(-c2ccccc2)nc1C(=O)OCC(=O)Nc1ccc(C(N)=O)cc1. The molecule has 9 heteroatoms. The molecular formula is C19H17N5O4. The van der Waals surface area contributed by atoms with Crippen LogP contribution in [0.15, 0.2) is 54.6 Å².